The fourth-order valence-electron chi connectivity index (χ4n) is 4.66. The molecule has 0 aliphatic heterocycles. The van der Waals surface area contributed by atoms with Gasteiger partial charge in [0.05, 0.1) is 11.5 Å². The SMILES string of the molecule is O=C(O)C1(c2ccc(-c3ccc(-c4sccc4CCCC(O)c4ccccc4)cc3)cc2)CC1. The second kappa shape index (κ2) is 9.57. The minimum absolute atomic E-state index is 0.417. The molecule has 4 heteroatoms. The van der Waals surface area contributed by atoms with Gasteiger partial charge in [-0.05, 0) is 76.9 Å². The highest BCUT2D eigenvalue weighted by atomic mass is 32.1. The van der Waals surface area contributed by atoms with Gasteiger partial charge in [-0.2, -0.15) is 0 Å². The quantitative estimate of drug-likeness (QED) is 0.272. The molecule has 3 aromatic carbocycles. The van der Waals surface area contributed by atoms with Gasteiger partial charge >= 0.3 is 5.97 Å². The topological polar surface area (TPSA) is 57.5 Å². The predicted molar refractivity (Wildman–Crippen MR) is 138 cm³/mol. The number of hydrogen-bond donors (Lipinski definition) is 2. The van der Waals surface area contributed by atoms with Gasteiger partial charge in [-0.25, -0.2) is 0 Å². The van der Waals surface area contributed by atoms with Gasteiger partial charge in [0.15, 0.2) is 0 Å². The van der Waals surface area contributed by atoms with E-state index >= 15 is 0 Å². The van der Waals surface area contributed by atoms with Gasteiger partial charge in [0, 0.05) is 4.88 Å². The average molecular weight is 469 g/mol. The Hall–Kier alpha value is -3.21. The number of benzene rings is 3. The minimum atomic E-state index is -0.717. The van der Waals surface area contributed by atoms with E-state index in [0.29, 0.717) is 0 Å². The molecule has 3 nitrogen and oxygen atoms in total. The largest absolute Gasteiger partial charge is 0.481 e. The van der Waals surface area contributed by atoms with Crippen LogP contribution in [-0.2, 0) is 16.6 Å². The van der Waals surface area contributed by atoms with Crippen molar-refractivity contribution in [3.8, 4) is 21.6 Å². The standard InChI is InChI=1S/C30H28O3S/c31-27(23-5-2-1-3-6-23)8-4-7-24-17-20-34-28(24)25-11-9-21(10-12-25)22-13-15-26(16-14-22)30(18-19-30)29(32)33/h1-3,5-6,9-17,20,27,31H,4,7-8,18-19H2,(H,32,33). The zero-order valence-electron chi connectivity index (χ0n) is 19.0. The number of aliphatic hydroxyl groups excluding tert-OH is 1. The van der Waals surface area contributed by atoms with E-state index < -0.39 is 17.5 Å². The first-order valence-electron chi connectivity index (χ1n) is 11.8. The first-order valence-corrected chi connectivity index (χ1v) is 12.7. The molecule has 2 N–H and O–H groups in total. The Morgan fingerprint density at radius 1 is 0.853 bits per heavy atom. The fourth-order valence-corrected chi connectivity index (χ4v) is 5.62. The van der Waals surface area contributed by atoms with Gasteiger partial charge in [0.2, 0.25) is 0 Å². The third kappa shape index (κ3) is 4.56. The van der Waals surface area contributed by atoms with E-state index in [1.54, 1.807) is 11.3 Å². The molecule has 4 aromatic rings. The van der Waals surface area contributed by atoms with Crippen LogP contribution < -0.4 is 0 Å². The molecule has 1 atom stereocenters. The van der Waals surface area contributed by atoms with E-state index in [1.807, 2.05) is 54.6 Å². The van der Waals surface area contributed by atoms with Crippen LogP contribution in [0.15, 0.2) is 90.3 Å². The van der Waals surface area contributed by atoms with Crippen molar-refractivity contribution in [2.45, 2.75) is 43.6 Å². The number of aliphatic hydroxyl groups is 1. The van der Waals surface area contributed by atoms with Crippen molar-refractivity contribution in [3.63, 3.8) is 0 Å². The molecule has 0 saturated heterocycles. The molecule has 1 aliphatic carbocycles. The van der Waals surface area contributed by atoms with E-state index in [9.17, 15) is 15.0 Å². The molecule has 1 aromatic heterocycles. The number of carboxylic acid groups (broad SMARTS) is 1. The van der Waals surface area contributed by atoms with Crippen LogP contribution in [0.4, 0.5) is 0 Å². The Labute approximate surface area is 204 Å². The van der Waals surface area contributed by atoms with Crippen LogP contribution in [-0.4, -0.2) is 16.2 Å². The highest BCUT2D eigenvalue weighted by Crippen LogP contribution is 2.48. The first kappa shape index (κ1) is 22.6. The summed E-state index contributed by atoms with van der Waals surface area (Å²) in [5.74, 6) is -0.717. The molecule has 1 fully saturated rings. The second-order valence-corrected chi connectivity index (χ2v) is 10.1. The number of carboxylic acids is 1. The number of hydrogen-bond acceptors (Lipinski definition) is 3. The molecule has 0 bridgehead atoms. The number of carbonyl (C=O) groups is 1. The lowest BCUT2D eigenvalue weighted by atomic mass is 9.93. The van der Waals surface area contributed by atoms with Gasteiger partial charge in [-0.15, -0.1) is 11.3 Å². The molecule has 172 valence electrons. The lowest BCUT2D eigenvalue weighted by molar-refractivity contribution is -0.140. The Morgan fingerprint density at radius 2 is 1.47 bits per heavy atom. The number of rotatable bonds is 9. The summed E-state index contributed by atoms with van der Waals surface area (Å²) in [5, 5.41) is 22.1. The van der Waals surface area contributed by atoms with Crippen molar-refractivity contribution in [2.24, 2.45) is 0 Å². The smallest absolute Gasteiger partial charge is 0.314 e. The maximum atomic E-state index is 11.6. The summed E-state index contributed by atoms with van der Waals surface area (Å²) in [5.41, 5.74) is 5.97. The van der Waals surface area contributed by atoms with Crippen molar-refractivity contribution in [3.05, 3.63) is 107 Å². The van der Waals surface area contributed by atoms with Crippen molar-refractivity contribution < 1.29 is 15.0 Å². The highest BCUT2D eigenvalue weighted by Gasteiger charge is 2.51. The molecule has 1 unspecified atom stereocenters. The minimum Gasteiger partial charge on any atom is -0.481 e. The summed E-state index contributed by atoms with van der Waals surface area (Å²) in [6, 6.07) is 28.6. The maximum Gasteiger partial charge on any atom is 0.314 e. The molecule has 1 heterocycles. The molecule has 1 saturated carbocycles. The average Bonchev–Trinajstić information content (AvgIpc) is 3.57. The summed E-state index contributed by atoms with van der Waals surface area (Å²) in [4.78, 5) is 12.9. The third-order valence-corrected chi connectivity index (χ3v) is 7.94. The summed E-state index contributed by atoms with van der Waals surface area (Å²) in [6.07, 6.45) is 3.66. The molecule has 34 heavy (non-hydrogen) atoms. The normalized spacial score (nSPS) is 15.1. The van der Waals surface area contributed by atoms with Crippen LogP contribution in [0.2, 0.25) is 0 Å². The molecular weight excluding hydrogens is 440 g/mol. The monoisotopic (exact) mass is 468 g/mol. The van der Waals surface area contributed by atoms with Gasteiger partial charge < -0.3 is 10.2 Å². The lowest BCUT2D eigenvalue weighted by Crippen LogP contribution is -2.19. The fraction of sp³-hybridized carbons (Fsp3) is 0.233. The van der Waals surface area contributed by atoms with Crippen molar-refractivity contribution in [1.29, 1.82) is 0 Å². The summed E-state index contributed by atoms with van der Waals surface area (Å²) < 4.78 is 0. The van der Waals surface area contributed by atoms with E-state index in [0.717, 1.165) is 54.4 Å². The van der Waals surface area contributed by atoms with Crippen molar-refractivity contribution in [1.82, 2.24) is 0 Å². The van der Waals surface area contributed by atoms with Crippen molar-refractivity contribution in [2.75, 3.05) is 0 Å². The van der Waals surface area contributed by atoms with Gasteiger partial charge in [0.25, 0.3) is 0 Å². The van der Waals surface area contributed by atoms with Gasteiger partial charge in [-0.1, -0.05) is 78.9 Å². The van der Waals surface area contributed by atoms with E-state index in [2.05, 4.69) is 35.7 Å². The van der Waals surface area contributed by atoms with Crippen LogP contribution in [0.5, 0.6) is 0 Å². The summed E-state index contributed by atoms with van der Waals surface area (Å²) >= 11 is 1.76. The molecule has 0 spiro atoms. The van der Waals surface area contributed by atoms with Gasteiger partial charge in [-0.3, -0.25) is 4.79 Å². The molecular formula is C30H28O3S. The predicted octanol–water partition coefficient (Wildman–Crippen LogP) is 7.25. The second-order valence-electron chi connectivity index (χ2n) is 9.14. The third-order valence-electron chi connectivity index (χ3n) is 6.93. The van der Waals surface area contributed by atoms with Crippen LogP contribution in [0, 0.1) is 0 Å². The first-order chi connectivity index (χ1) is 16.6. The van der Waals surface area contributed by atoms with Crippen LogP contribution >= 0.6 is 11.3 Å². The summed E-state index contributed by atoms with van der Waals surface area (Å²) in [7, 11) is 0. The number of thiophene rings is 1. The van der Waals surface area contributed by atoms with Gasteiger partial charge in [0.1, 0.15) is 0 Å². The zero-order valence-corrected chi connectivity index (χ0v) is 19.8. The summed E-state index contributed by atoms with van der Waals surface area (Å²) in [6.45, 7) is 0. The van der Waals surface area contributed by atoms with Crippen molar-refractivity contribution >= 4 is 17.3 Å². The number of aryl methyl sites for hydroxylation is 1. The lowest BCUT2D eigenvalue weighted by Gasteiger charge is -2.12. The molecule has 0 radical (unpaired) electrons. The highest BCUT2D eigenvalue weighted by molar-refractivity contribution is 7.13. The molecule has 1 aliphatic rings. The molecule has 5 rings (SSSR count). The van der Waals surface area contributed by atoms with Crippen LogP contribution in [0.3, 0.4) is 0 Å². The van der Waals surface area contributed by atoms with E-state index in [4.69, 9.17) is 0 Å². The Morgan fingerprint density at radius 3 is 2.09 bits per heavy atom. The van der Waals surface area contributed by atoms with Crippen LogP contribution in [0.1, 0.15) is 48.5 Å². The Kier molecular flexibility index (Phi) is 6.36. The molecule has 0 amide bonds. The van der Waals surface area contributed by atoms with E-state index in [1.165, 1.54) is 16.0 Å². The maximum absolute atomic E-state index is 11.6. The number of aliphatic carboxylic acids is 1. The zero-order chi connectivity index (χ0) is 23.5. The Balaban J connectivity index is 1.24. The van der Waals surface area contributed by atoms with Crippen LogP contribution in [0.25, 0.3) is 21.6 Å². The Bertz CT molecular complexity index is 1250. The van der Waals surface area contributed by atoms with E-state index in [-0.39, 0.29) is 0 Å².